The van der Waals surface area contributed by atoms with E-state index >= 15 is 0 Å². The monoisotopic (exact) mass is 212 g/mol. The van der Waals surface area contributed by atoms with E-state index in [1.807, 2.05) is 14.0 Å². The van der Waals surface area contributed by atoms with Gasteiger partial charge in [-0.15, -0.1) is 0 Å². The Labute approximate surface area is 91.6 Å². The van der Waals surface area contributed by atoms with Crippen molar-refractivity contribution in [3.63, 3.8) is 0 Å². The minimum Gasteiger partial charge on any atom is -0.379 e. The zero-order valence-electron chi connectivity index (χ0n) is 9.58. The molecule has 1 rings (SSSR count). The molecule has 4 heteroatoms. The maximum atomic E-state index is 9.05. The Bertz CT molecular complexity index is 227. The maximum absolute atomic E-state index is 9.05. The molecule has 0 bridgehead atoms. The fraction of sp³-hybridized carbons (Fsp3) is 0.909. The number of ether oxygens (including phenoxy) is 2. The molecular weight excluding hydrogens is 192 g/mol. The van der Waals surface area contributed by atoms with Crippen molar-refractivity contribution in [1.82, 2.24) is 5.32 Å². The Kier molecular flexibility index (Phi) is 5.03. The SMILES string of the molecule is CCOCCOC1CCC(C#N)(NC)C1. The predicted octanol–water partition coefficient (Wildman–Crippen LogP) is 1.07. The van der Waals surface area contributed by atoms with E-state index in [1.165, 1.54) is 0 Å². The zero-order valence-corrected chi connectivity index (χ0v) is 9.58. The molecule has 0 spiro atoms. The van der Waals surface area contributed by atoms with E-state index in [4.69, 9.17) is 14.7 Å². The fourth-order valence-corrected chi connectivity index (χ4v) is 1.94. The molecule has 1 fully saturated rings. The molecule has 0 aliphatic heterocycles. The van der Waals surface area contributed by atoms with Crippen LogP contribution in [0.3, 0.4) is 0 Å². The van der Waals surface area contributed by atoms with Crippen LogP contribution in [-0.4, -0.2) is 38.5 Å². The molecular formula is C11H20N2O2. The number of rotatable bonds is 6. The van der Waals surface area contributed by atoms with Gasteiger partial charge in [-0.1, -0.05) is 0 Å². The van der Waals surface area contributed by atoms with Crippen LogP contribution in [0.25, 0.3) is 0 Å². The molecule has 0 heterocycles. The van der Waals surface area contributed by atoms with Gasteiger partial charge in [0.15, 0.2) is 0 Å². The number of hydrogen-bond acceptors (Lipinski definition) is 4. The highest BCUT2D eigenvalue weighted by molar-refractivity contribution is 5.11. The van der Waals surface area contributed by atoms with Crippen LogP contribution >= 0.6 is 0 Å². The molecule has 1 saturated carbocycles. The van der Waals surface area contributed by atoms with E-state index in [2.05, 4.69) is 11.4 Å². The summed E-state index contributed by atoms with van der Waals surface area (Å²) in [6.45, 7) is 3.97. The lowest BCUT2D eigenvalue weighted by Crippen LogP contribution is -2.39. The maximum Gasteiger partial charge on any atom is 0.109 e. The summed E-state index contributed by atoms with van der Waals surface area (Å²) in [7, 11) is 1.84. The summed E-state index contributed by atoms with van der Waals surface area (Å²) in [5, 5.41) is 12.1. The van der Waals surface area contributed by atoms with Gasteiger partial charge in [-0.25, -0.2) is 0 Å². The number of nitrogens with one attached hydrogen (secondary N) is 1. The summed E-state index contributed by atoms with van der Waals surface area (Å²) in [5.74, 6) is 0. The van der Waals surface area contributed by atoms with Crippen LogP contribution < -0.4 is 5.32 Å². The molecule has 0 aromatic rings. The van der Waals surface area contributed by atoms with Crippen molar-refractivity contribution in [3.05, 3.63) is 0 Å². The van der Waals surface area contributed by atoms with E-state index in [9.17, 15) is 0 Å². The average molecular weight is 212 g/mol. The van der Waals surface area contributed by atoms with Gasteiger partial charge in [-0.2, -0.15) is 5.26 Å². The minimum absolute atomic E-state index is 0.206. The summed E-state index contributed by atoms with van der Waals surface area (Å²) < 4.78 is 10.8. The van der Waals surface area contributed by atoms with Crippen molar-refractivity contribution < 1.29 is 9.47 Å². The molecule has 0 saturated heterocycles. The lowest BCUT2D eigenvalue weighted by molar-refractivity contribution is 0.00888. The van der Waals surface area contributed by atoms with E-state index < -0.39 is 0 Å². The Morgan fingerprint density at radius 1 is 1.53 bits per heavy atom. The summed E-state index contributed by atoms with van der Waals surface area (Å²) >= 11 is 0. The van der Waals surface area contributed by atoms with Crippen LogP contribution in [-0.2, 0) is 9.47 Å². The molecule has 1 N–H and O–H groups in total. The minimum atomic E-state index is -0.365. The fourth-order valence-electron chi connectivity index (χ4n) is 1.94. The molecule has 0 radical (unpaired) electrons. The number of hydrogen-bond donors (Lipinski definition) is 1. The summed E-state index contributed by atoms with van der Waals surface area (Å²) in [4.78, 5) is 0. The lowest BCUT2D eigenvalue weighted by atomic mass is 10.0. The Morgan fingerprint density at radius 2 is 2.33 bits per heavy atom. The van der Waals surface area contributed by atoms with E-state index in [1.54, 1.807) is 0 Å². The Balaban J connectivity index is 2.22. The molecule has 0 amide bonds. The van der Waals surface area contributed by atoms with Crippen molar-refractivity contribution >= 4 is 0 Å². The van der Waals surface area contributed by atoms with Gasteiger partial charge in [0.05, 0.1) is 25.4 Å². The predicted molar refractivity (Wildman–Crippen MR) is 57.5 cm³/mol. The molecule has 4 nitrogen and oxygen atoms in total. The molecule has 2 unspecified atom stereocenters. The average Bonchev–Trinajstić information content (AvgIpc) is 2.69. The normalized spacial score (nSPS) is 30.3. The Morgan fingerprint density at radius 3 is 2.87 bits per heavy atom. The number of nitrogens with zero attached hydrogens (tertiary/aromatic N) is 1. The van der Waals surface area contributed by atoms with E-state index in [0.29, 0.717) is 13.2 Å². The molecule has 1 aliphatic rings. The van der Waals surface area contributed by atoms with Crippen molar-refractivity contribution in [3.8, 4) is 6.07 Å². The second-order valence-corrected chi connectivity index (χ2v) is 3.88. The quantitative estimate of drug-likeness (QED) is 0.669. The second-order valence-electron chi connectivity index (χ2n) is 3.88. The summed E-state index contributed by atoms with van der Waals surface area (Å²) in [5.41, 5.74) is -0.365. The highest BCUT2D eigenvalue weighted by atomic mass is 16.5. The van der Waals surface area contributed by atoms with Gasteiger partial charge >= 0.3 is 0 Å². The van der Waals surface area contributed by atoms with Gasteiger partial charge in [0, 0.05) is 13.0 Å². The Hall–Kier alpha value is -0.630. The third-order valence-corrected chi connectivity index (χ3v) is 2.95. The van der Waals surface area contributed by atoms with Crippen LogP contribution in [0.4, 0.5) is 0 Å². The molecule has 0 aromatic carbocycles. The highest BCUT2D eigenvalue weighted by Crippen LogP contribution is 2.30. The van der Waals surface area contributed by atoms with Gasteiger partial charge in [0.2, 0.25) is 0 Å². The first-order chi connectivity index (χ1) is 7.26. The third-order valence-electron chi connectivity index (χ3n) is 2.95. The molecule has 1 aliphatic carbocycles. The summed E-state index contributed by atoms with van der Waals surface area (Å²) in [6.07, 6.45) is 2.82. The van der Waals surface area contributed by atoms with Gasteiger partial charge in [0.25, 0.3) is 0 Å². The topological polar surface area (TPSA) is 54.3 Å². The van der Waals surface area contributed by atoms with Crippen molar-refractivity contribution in [2.45, 2.75) is 37.8 Å². The van der Waals surface area contributed by atoms with Crippen LogP contribution in [0, 0.1) is 11.3 Å². The largest absolute Gasteiger partial charge is 0.379 e. The van der Waals surface area contributed by atoms with Gasteiger partial charge in [-0.3, -0.25) is 0 Å². The summed E-state index contributed by atoms with van der Waals surface area (Å²) in [6, 6.07) is 2.34. The van der Waals surface area contributed by atoms with Crippen LogP contribution in [0.15, 0.2) is 0 Å². The lowest BCUT2D eigenvalue weighted by Gasteiger charge is -2.19. The zero-order chi connectivity index (χ0) is 11.1. The molecule has 15 heavy (non-hydrogen) atoms. The first kappa shape index (κ1) is 12.4. The third kappa shape index (κ3) is 3.45. The molecule has 86 valence electrons. The van der Waals surface area contributed by atoms with Crippen LogP contribution in [0.1, 0.15) is 26.2 Å². The standard InChI is InChI=1S/C11H20N2O2/c1-3-14-6-7-15-10-4-5-11(8-10,9-12)13-2/h10,13H,3-8H2,1-2H3. The molecule has 2 atom stereocenters. The first-order valence-corrected chi connectivity index (χ1v) is 5.56. The van der Waals surface area contributed by atoms with Gasteiger partial charge in [-0.05, 0) is 26.8 Å². The van der Waals surface area contributed by atoms with Crippen molar-refractivity contribution in [1.29, 1.82) is 5.26 Å². The van der Waals surface area contributed by atoms with Crippen molar-refractivity contribution in [2.75, 3.05) is 26.9 Å². The second kappa shape index (κ2) is 6.06. The van der Waals surface area contributed by atoms with Crippen LogP contribution in [0.2, 0.25) is 0 Å². The smallest absolute Gasteiger partial charge is 0.109 e. The van der Waals surface area contributed by atoms with Gasteiger partial charge < -0.3 is 14.8 Å². The number of nitriles is 1. The van der Waals surface area contributed by atoms with E-state index in [0.717, 1.165) is 25.9 Å². The van der Waals surface area contributed by atoms with Gasteiger partial charge in [0.1, 0.15) is 5.54 Å². The highest BCUT2D eigenvalue weighted by Gasteiger charge is 2.38. The van der Waals surface area contributed by atoms with Crippen LogP contribution in [0.5, 0.6) is 0 Å². The first-order valence-electron chi connectivity index (χ1n) is 5.56. The molecule has 0 aromatic heterocycles. The van der Waals surface area contributed by atoms with Crippen molar-refractivity contribution in [2.24, 2.45) is 0 Å². The van der Waals surface area contributed by atoms with E-state index in [-0.39, 0.29) is 11.6 Å².